The van der Waals surface area contributed by atoms with Gasteiger partial charge >= 0.3 is 0 Å². The number of sulfonamides is 1. The van der Waals surface area contributed by atoms with Crippen LogP contribution in [0, 0.1) is 0 Å². The lowest BCUT2D eigenvalue weighted by molar-refractivity contribution is 0.0955. The lowest BCUT2D eigenvalue weighted by atomic mass is 10.2. The maximum absolute atomic E-state index is 12.6. The number of hydrogen-bond donors (Lipinski definition) is 1. The summed E-state index contributed by atoms with van der Waals surface area (Å²) in [4.78, 5) is 16.3. The maximum atomic E-state index is 12.6. The zero-order valence-electron chi connectivity index (χ0n) is 13.5. The molecular weight excluding hydrogens is 340 g/mol. The van der Waals surface area contributed by atoms with E-state index in [1.807, 2.05) is 0 Å². The van der Waals surface area contributed by atoms with E-state index in [2.05, 4.69) is 15.5 Å². The van der Waals surface area contributed by atoms with Crippen molar-refractivity contribution in [2.24, 2.45) is 5.10 Å². The Balaban J connectivity index is 1.72. The Bertz CT molecular complexity index is 876. The highest BCUT2D eigenvalue weighted by Crippen LogP contribution is 2.21. The molecule has 1 aliphatic heterocycles. The van der Waals surface area contributed by atoms with E-state index in [9.17, 15) is 13.2 Å². The molecule has 7 nitrogen and oxygen atoms in total. The largest absolute Gasteiger partial charge is 0.271 e. The number of carbonyl (C=O) groups is 1. The van der Waals surface area contributed by atoms with Crippen LogP contribution in [0.25, 0.3) is 0 Å². The van der Waals surface area contributed by atoms with Crippen molar-refractivity contribution in [2.45, 2.75) is 17.7 Å². The summed E-state index contributed by atoms with van der Waals surface area (Å²) < 4.78 is 26.6. The zero-order valence-corrected chi connectivity index (χ0v) is 14.3. The van der Waals surface area contributed by atoms with Gasteiger partial charge in [-0.2, -0.15) is 9.41 Å². The van der Waals surface area contributed by atoms with Gasteiger partial charge in [-0.1, -0.05) is 12.1 Å². The molecule has 1 amide bonds. The summed E-state index contributed by atoms with van der Waals surface area (Å²) in [5.41, 5.74) is 3.37. The first-order chi connectivity index (χ1) is 12.1. The third-order valence-corrected chi connectivity index (χ3v) is 5.76. The zero-order chi connectivity index (χ0) is 17.7. The molecule has 2 aromatic rings. The highest BCUT2D eigenvalue weighted by Gasteiger charge is 2.27. The molecule has 8 heteroatoms. The lowest BCUT2D eigenvalue weighted by Crippen LogP contribution is -2.28. The second-order valence-electron chi connectivity index (χ2n) is 5.62. The van der Waals surface area contributed by atoms with Crippen LogP contribution >= 0.6 is 0 Å². The van der Waals surface area contributed by atoms with E-state index in [-0.39, 0.29) is 10.5 Å². The number of rotatable bonds is 5. The van der Waals surface area contributed by atoms with E-state index in [0.29, 0.717) is 13.1 Å². The number of nitrogens with one attached hydrogen (secondary N) is 1. The summed E-state index contributed by atoms with van der Waals surface area (Å²) in [5, 5.41) is 3.86. The number of benzene rings is 1. The van der Waals surface area contributed by atoms with Crippen molar-refractivity contribution in [2.75, 3.05) is 13.1 Å². The molecule has 1 fully saturated rings. The van der Waals surface area contributed by atoms with Gasteiger partial charge in [-0.15, -0.1) is 0 Å². The van der Waals surface area contributed by atoms with Crippen molar-refractivity contribution in [3.05, 3.63) is 59.9 Å². The van der Waals surface area contributed by atoms with E-state index in [0.717, 1.165) is 18.4 Å². The van der Waals surface area contributed by atoms with Crippen molar-refractivity contribution in [3.63, 3.8) is 0 Å². The van der Waals surface area contributed by atoms with Gasteiger partial charge in [0.15, 0.2) is 0 Å². The molecule has 0 radical (unpaired) electrons. The predicted octanol–water partition coefficient (Wildman–Crippen LogP) is 1.63. The molecule has 3 rings (SSSR count). The Morgan fingerprint density at radius 2 is 2.00 bits per heavy atom. The number of amides is 1. The average Bonchev–Trinajstić information content (AvgIpc) is 3.18. The fourth-order valence-corrected chi connectivity index (χ4v) is 4.12. The van der Waals surface area contributed by atoms with Crippen LogP contribution in [0.2, 0.25) is 0 Å². The first-order valence-electron chi connectivity index (χ1n) is 7.91. The predicted molar refractivity (Wildman–Crippen MR) is 93.7 cm³/mol. The van der Waals surface area contributed by atoms with Crippen molar-refractivity contribution < 1.29 is 13.2 Å². The van der Waals surface area contributed by atoms with E-state index in [1.54, 1.807) is 36.7 Å². The highest BCUT2D eigenvalue weighted by atomic mass is 32.2. The number of carbonyl (C=O) groups excluding carboxylic acids is 1. The minimum atomic E-state index is -3.55. The van der Waals surface area contributed by atoms with E-state index in [1.165, 1.54) is 22.7 Å². The van der Waals surface area contributed by atoms with Gasteiger partial charge in [0.1, 0.15) is 0 Å². The van der Waals surface area contributed by atoms with Gasteiger partial charge in [0.2, 0.25) is 10.0 Å². The molecule has 0 saturated carbocycles. The first kappa shape index (κ1) is 17.2. The molecule has 0 unspecified atom stereocenters. The molecule has 0 bridgehead atoms. The first-order valence-corrected chi connectivity index (χ1v) is 9.35. The average molecular weight is 358 g/mol. The number of hydrogen-bond acceptors (Lipinski definition) is 5. The Morgan fingerprint density at radius 1 is 1.20 bits per heavy atom. The molecular formula is C17H18N4O3S. The molecule has 1 saturated heterocycles. The standard InChI is InChI=1S/C17H18N4O3S/c22-17(20-19-13-14-5-4-8-18-12-14)15-6-3-7-16(11-15)25(23,24)21-9-1-2-10-21/h3-8,11-13H,1-2,9-10H2,(H,20,22)/b19-13-. The smallest absolute Gasteiger partial charge is 0.267 e. The molecule has 130 valence electrons. The monoisotopic (exact) mass is 358 g/mol. The summed E-state index contributed by atoms with van der Waals surface area (Å²) in [6, 6.07) is 9.55. The molecule has 1 aliphatic rings. The van der Waals surface area contributed by atoms with Gasteiger partial charge in [0.25, 0.3) is 5.91 Å². The normalized spacial score (nSPS) is 15.5. The second-order valence-corrected chi connectivity index (χ2v) is 7.56. The van der Waals surface area contributed by atoms with Crippen molar-refractivity contribution in [1.29, 1.82) is 0 Å². The molecule has 1 N–H and O–H groups in total. The minimum absolute atomic E-state index is 0.123. The fraction of sp³-hybridized carbons (Fsp3) is 0.235. The molecule has 0 aliphatic carbocycles. The van der Waals surface area contributed by atoms with Crippen molar-refractivity contribution in [1.82, 2.24) is 14.7 Å². The summed E-state index contributed by atoms with van der Waals surface area (Å²) in [7, 11) is -3.55. The van der Waals surface area contributed by atoms with Gasteiger partial charge < -0.3 is 0 Å². The summed E-state index contributed by atoms with van der Waals surface area (Å²) in [5.74, 6) is -0.474. The van der Waals surface area contributed by atoms with Gasteiger partial charge in [-0.25, -0.2) is 13.8 Å². The second kappa shape index (κ2) is 7.54. The van der Waals surface area contributed by atoms with Crippen LogP contribution in [0.1, 0.15) is 28.8 Å². The van der Waals surface area contributed by atoms with Crippen LogP contribution < -0.4 is 5.43 Å². The van der Waals surface area contributed by atoms with E-state index < -0.39 is 15.9 Å². The Hall–Kier alpha value is -2.58. The third-order valence-electron chi connectivity index (χ3n) is 3.86. The number of hydrazone groups is 1. The number of aromatic nitrogens is 1. The number of nitrogens with zero attached hydrogens (tertiary/aromatic N) is 3. The maximum Gasteiger partial charge on any atom is 0.271 e. The van der Waals surface area contributed by atoms with Crippen molar-refractivity contribution >= 4 is 22.1 Å². The van der Waals surface area contributed by atoms with Crippen LogP contribution in [0.15, 0.2) is 58.8 Å². The molecule has 0 spiro atoms. The van der Waals surface area contributed by atoms with Crippen LogP contribution in [0.3, 0.4) is 0 Å². The van der Waals surface area contributed by atoms with Gasteiger partial charge in [0, 0.05) is 36.6 Å². The Morgan fingerprint density at radius 3 is 2.72 bits per heavy atom. The number of pyridine rings is 1. The highest BCUT2D eigenvalue weighted by molar-refractivity contribution is 7.89. The molecule has 25 heavy (non-hydrogen) atoms. The summed E-state index contributed by atoms with van der Waals surface area (Å²) >= 11 is 0. The quantitative estimate of drug-likeness (QED) is 0.649. The minimum Gasteiger partial charge on any atom is -0.267 e. The lowest BCUT2D eigenvalue weighted by Gasteiger charge is -2.15. The fourth-order valence-electron chi connectivity index (χ4n) is 2.56. The molecule has 2 heterocycles. The van der Waals surface area contributed by atoms with E-state index >= 15 is 0 Å². The van der Waals surface area contributed by atoms with Crippen LogP contribution in [-0.4, -0.2) is 42.9 Å². The van der Waals surface area contributed by atoms with Gasteiger partial charge in [0.05, 0.1) is 11.1 Å². The Labute approximate surface area is 146 Å². The van der Waals surface area contributed by atoms with Gasteiger partial charge in [-0.05, 0) is 37.1 Å². The SMILES string of the molecule is O=C(N/N=C\c1cccnc1)c1cccc(S(=O)(=O)N2CCCC2)c1. The molecule has 1 aromatic carbocycles. The van der Waals surface area contributed by atoms with Crippen molar-refractivity contribution in [3.8, 4) is 0 Å². The molecule has 0 atom stereocenters. The molecule has 1 aromatic heterocycles. The summed E-state index contributed by atoms with van der Waals surface area (Å²) in [6.45, 7) is 1.04. The third kappa shape index (κ3) is 4.09. The van der Waals surface area contributed by atoms with Crippen LogP contribution in [0.4, 0.5) is 0 Å². The summed E-state index contributed by atoms with van der Waals surface area (Å²) in [6.07, 6.45) is 6.45. The Kier molecular flexibility index (Phi) is 5.20. The van der Waals surface area contributed by atoms with Crippen LogP contribution in [0.5, 0.6) is 0 Å². The van der Waals surface area contributed by atoms with Gasteiger partial charge in [-0.3, -0.25) is 9.78 Å². The van der Waals surface area contributed by atoms with Crippen LogP contribution in [-0.2, 0) is 10.0 Å². The van der Waals surface area contributed by atoms with E-state index in [4.69, 9.17) is 0 Å². The topological polar surface area (TPSA) is 91.7 Å².